The molecule has 27 heavy (non-hydrogen) atoms. The maximum atomic E-state index is 13.0. The van der Waals surface area contributed by atoms with Crippen LogP contribution in [0.1, 0.15) is 18.2 Å². The molecule has 0 aliphatic carbocycles. The highest BCUT2D eigenvalue weighted by atomic mass is 32.2. The van der Waals surface area contributed by atoms with Crippen molar-refractivity contribution in [1.82, 2.24) is 14.3 Å². The van der Waals surface area contributed by atoms with Gasteiger partial charge in [-0.25, -0.2) is 17.8 Å². The number of aromatic nitrogens is 2. The summed E-state index contributed by atoms with van der Waals surface area (Å²) in [5, 5.41) is 3.11. The Morgan fingerprint density at radius 1 is 1.11 bits per heavy atom. The molecule has 0 atom stereocenters. The molecule has 1 aromatic carbocycles. The molecule has 3 rings (SSSR count). The number of halogens is 1. The van der Waals surface area contributed by atoms with E-state index in [0.717, 1.165) is 18.1 Å². The number of anilines is 2. The minimum Gasteiger partial charge on any atom is -0.354 e. The highest BCUT2D eigenvalue weighted by molar-refractivity contribution is 7.88. The first-order valence-corrected chi connectivity index (χ1v) is 10.5. The van der Waals surface area contributed by atoms with Crippen molar-refractivity contribution in [2.24, 2.45) is 0 Å². The highest BCUT2D eigenvalue weighted by Crippen LogP contribution is 2.19. The fraction of sp³-hybridized carbons (Fsp3) is 0.444. The first-order valence-electron chi connectivity index (χ1n) is 8.94. The zero-order valence-electron chi connectivity index (χ0n) is 15.5. The van der Waals surface area contributed by atoms with Gasteiger partial charge < -0.3 is 10.2 Å². The van der Waals surface area contributed by atoms with E-state index < -0.39 is 10.0 Å². The van der Waals surface area contributed by atoms with Crippen LogP contribution in [0.15, 0.2) is 30.3 Å². The van der Waals surface area contributed by atoms with E-state index in [4.69, 9.17) is 0 Å². The molecule has 1 fully saturated rings. The quantitative estimate of drug-likeness (QED) is 0.809. The molecular weight excluding hydrogens is 369 g/mol. The van der Waals surface area contributed by atoms with Crippen LogP contribution in [-0.2, 0) is 15.8 Å². The predicted octanol–water partition coefficient (Wildman–Crippen LogP) is 2.01. The topological polar surface area (TPSA) is 78.4 Å². The van der Waals surface area contributed by atoms with Gasteiger partial charge >= 0.3 is 0 Å². The zero-order chi connectivity index (χ0) is 19.4. The third-order valence-corrected chi connectivity index (χ3v) is 6.24. The van der Waals surface area contributed by atoms with Crippen LogP contribution in [0.5, 0.6) is 0 Å². The van der Waals surface area contributed by atoms with Gasteiger partial charge in [0.25, 0.3) is 0 Å². The Kier molecular flexibility index (Phi) is 5.91. The number of nitrogens with one attached hydrogen (secondary N) is 1. The molecule has 2 aromatic rings. The Balaban J connectivity index is 1.65. The molecule has 0 spiro atoms. The van der Waals surface area contributed by atoms with E-state index in [0.29, 0.717) is 37.7 Å². The van der Waals surface area contributed by atoms with Gasteiger partial charge in [0.15, 0.2) is 0 Å². The molecule has 0 saturated carbocycles. The van der Waals surface area contributed by atoms with E-state index in [2.05, 4.69) is 20.2 Å². The second-order valence-corrected chi connectivity index (χ2v) is 8.46. The molecule has 0 amide bonds. The maximum absolute atomic E-state index is 13.0. The van der Waals surface area contributed by atoms with Crippen molar-refractivity contribution in [3.8, 4) is 0 Å². The lowest BCUT2D eigenvalue weighted by Crippen LogP contribution is -2.49. The Hall–Kier alpha value is -2.26. The highest BCUT2D eigenvalue weighted by Gasteiger charge is 2.28. The van der Waals surface area contributed by atoms with Crippen molar-refractivity contribution in [2.45, 2.75) is 19.6 Å². The number of piperazine rings is 1. The van der Waals surface area contributed by atoms with Gasteiger partial charge in [-0.05, 0) is 31.5 Å². The normalized spacial score (nSPS) is 15.7. The fourth-order valence-corrected chi connectivity index (χ4v) is 4.54. The molecule has 0 unspecified atom stereocenters. The van der Waals surface area contributed by atoms with Gasteiger partial charge in [-0.3, -0.25) is 0 Å². The van der Waals surface area contributed by atoms with Crippen LogP contribution in [0.2, 0.25) is 0 Å². The summed E-state index contributed by atoms with van der Waals surface area (Å²) in [6.07, 6.45) is 0. The van der Waals surface area contributed by atoms with Gasteiger partial charge in [0, 0.05) is 44.5 Å². The molecule has 1 aromatic heterocycles. The molecule has 1 aliphatic rings. The van der Waals surface area contributed by atoms with Crippen LogP contribution in [-0.4, -0.2) is 55.4 Å². The van der Waals surface area contributed by atoms with Crippen LogP contribution in [0.25, 0.3) is 0 Å². The van der Waals surface area contributed by atoms with Crippen LogP contribution in [0.3, 0.4) is 0 Å². The van der Waals surface area contributed by atoms with Crippen LogP contribution in [0.4, 0.5) is 16.2 Å². The summed E-state index contributed by atoms with van der Waals surface area (Å²) in [4.78, 5) is 10.9. The second kappa shape index (κ2) is 8.18. The molecule has 9 heteroatoms. The predicted molar refractivity (Wildman–Crippen MR) is 104 cm³/mol. The summed E-state index contributed by atoms with van der Waals surface area (Å²) in [5.74, 6) is 0.888. The van der Waals surface area contributed by atoms with E-state index in [-0.39, 0.29) is 11.6 Å². The van der Waals surface area contributed by atoms with Gasteiger partial charge in [0.2, 0.25) is 16.0 Å². The van der Waals surface area contributed by atoms with Gasteiger partial charge in [-0.1, -0.05) is 12.1 Å². The lowest BCUT2D eigenvalue weighted by atomic mass is 10.2. The molecule has 0 bridgehead atoms. The van der Waals surface area contributed by atoms with Crippen molar-refractivity contribution < 1.29 is 12.8 Å². The number of benzene rings is 1. The van der Waals surface area contributed by atoms with E-state index in [1.54, 1.807) is 0 Å². The van der Waals surface area contributed by atoms with Gasteiger partial charge in [0.1, 0.15) is 11.6 Å². The third kappa shape index (κ3) is 4.92. The molecular formula is C18H24FN5O2S. The summed E-state index contributed by atoms with van der Waals surface area (Å²) in [5.41, 5.74) is 1.45. The number of hydrogen-bond donors (Lipinski definition) is 1. The van der Waals surface area contributed by atoms with Crippen LogP contribution in [0, 0.1) is 12.7 Å². The Morgan fingerprint density at radius 3 is 2.41 bits per heavy atom. The third-order valence-electron chi connectivity index (χ3n) is 4.39. The van der Waals surface area contributed by atoms with Gasteiger partial charge in [-0.15, -0.1) is 0 Å². The van der Waals surface area contributed by atoms with Crippen molar-refractivity contribution in [3.05, 3.63) is 47.4 Å². The van der Waals surface area contributed by atoms with Crippen molar-refractivity contribution >= 4 is 21.8 Å². The standard InChI is InChI=1S/C18H24FN5O2S/c1-3-20-18-21-14(2)12-17(22-18)23-8-10-24(11-9-23)27(25,26)13-15-4-6-16(19)7-5-15/h4-7,12H,3,8-11,13H2,1-2H3,(H,20,21,22). The average Bonchev–Trinajstić information content (AvgIpc) is 2.63. The van der Waals surface area contributed by atoms with E-state index >= 15 is 0 Å². The molecule has 1 aliphatic heterocycles. The lowest BCUT2D eigenvalue weighted by Gasteiger charge is -2.34. The average molecular weight is 393 g/mol. The van der Waals surface area contributed by atoms with E-state index in [1.165, 1.54) is 28.6 Å². The fourth-order valence-electron chi connectivity index (χ4n) is 3.03. The van der Waals surface area contributed by atoms with Crippen molar-refractivity contribution in [1.29, 1.82) is 0 Å². The number of hydrogen-bond acceptors (Lipinski definition) is 6. The molecule has 7 nitrogen and oxygen atoms in total. The van der Waals surface area contributed by atoms with Crippen LogP contribution < -0.4 is 10.2 Å². The van der Waals surface area contributed by atoms with Crippen LogP contribution >= 0.6 is 0 Å². The number of rotatable bonds is 6. The largest absolute Gasteiger partial charge is 0.354 e. The number of nitrogens with zero attached hydrogens (tertiary/aromatic N) is 4. The number of aryl methyl sites for hydroxylation is 1. The first-order chi connectivity index (χ1) is 12.9. The Morgan fingerprint density at radius 2 is 1.78 bits per heavy atom. The zero-order valence-corrected chi connectivity index (χ0v) is 16.3. The van der Waals surface area contributed by atoms with Crippen molar-refractivity contribution in [3.63, 3.8) is 0 Å². The molecule has 1 saturated heterocycles. The Bertz CT molecular complexity index is 881. The van der Waals surface area contributed by atoms with Crippen molar-refractivity contribution in [2.75, 3.05) is 42.9 Å². The van der Waals surface area contributed by atoms with E-state index in [9.17, 15) is 12.8 Å². The maximum Gasteiger partial charge on any atom is 0.224 e. The monoisotopic (exact) mass is 393 g/mol. The first kappa shape index (κ1) is 19.5. The minimum absolute atomic E-state index is 0.121. The molecule has 1 N–H and O–H groups in total. The summed E-state index contributed by atoms with van der Waals surface area (Å²) >= 11 is 0. The lowest BCUT2D eigenvalue weighted by molar-refractivity contribution is 0.383. The Labute approximate surface area is 159 Å². The molecule has 146 valence electrons. The number of sulfonamides is 1. The smallest absolute Gasteiger partial charge is 0.224 e. The molecule has 2 heterocycles. The SMILES string of the molecule is CCNc1nc(C)cc(N2CCN(S(=O)(=O)Cc3ccc(F)cc3)CC2)n1. The van der Waals surface area contributed by atoms with E-state index in [1.807, 2.05) is 19.9 Å². The minimum atomic E-state index is -3.44. The van der Waals surface area contributed by atoms with Gasteiger partial charge in [-0.2, -0.15) is 9.29 Å². The summed E-state index contributed by atoms with van der Waals surface area (Å²) in [7, 11) is -3.44. The second-order valence-electron chi connectivity index (χ2n) is 6.49. The summed E-state index contributed by atoms with van der Waals surface area (Å²) < 4.78 is 39.8. The summed E-state index contributed by atoms with van der Waals surface area (Å²) in [6.45, 7) is 6.53. The molecule has 0 radical (unpaired) electrons. The van der Waals surface area contributed by atoms with Gasteiger partial charge in [0.05, 0.1) is 5.75 Å². The summed E-state index contributed by atoms with van der Waals surface area (Å²) in [6, 6.07) is 7.48.